The topological polar surface area (TPSA) is 54.0 Å². The van der Waals surface area contributed by atoms with Gasteiger partial charge in [0.1, 0.15) is 5.75 Å². The van der Waals surface area contributed by atoms with Crippen molar-refractivity contribution in [3.63, 3.8) is 0 Å². The third kappa shape index (κ3) is 5.24. The zero-order valence-electron chi connectivity index (χ0n) is 17.3. The predicted octanol–water partition coefficient (Wildman–Crippen LogP) is 4.54. The van der Waals surface area contributed by atoms with E-state index in [0.29, 0.717) is 18.4 Å². The lowest BCUT2D eigenvalue weighted by Gasteiger charge is -2.15. The van der Waals surface area contributed by atoms with Gasteiger partial charge in [0, 0.05) is 43.5 Å². The molecule has 1 saturated heterocycles. The van der Waals surface area contributed by atoms with E-state index in [2.05, 4.69) is 76.4 Å². The summed E-state index contributed by atoms with van der Waals surface area (Å²) in [6.07, 6.45) is 5.73. The number of aromatic nitrogens is 3. The highest BCUT2D eigenvalue weighted by Gasteiger charge is 2.25. The predicted molar refractivity (Wildman–Crippen MR) is 115 cm³/mol. The molecule has 5 nitrogen and oxygen atoms in total. The number of benzene rings is 1. The third-order valence-corrected chi connectivity index (χ3v) is 5.68. The fourth-order valence-corrected chi connectivity index (χ4v) is 3.91. The average molecular weight is 391 g/mol. The van der Waals surface area contributed by atoms with Crippen molar-refractivity contribution in [2.45, 2.75) is 45.1 Å². The van der Waals surface area contributed by atoms with Gasteiger partial charge >= 0.3 is 0 Å². The Kier molecular flexibility index (Phi) is 6.25. The first kappa shape index (κ1) is 19.6. The Morgan fingerprint density at radius 1 is 1.14 bits per heavy atom. The van der Waals surface area contributed by atoms with Crippen LogP contribution in [0.4, 0.5) is 0 Å². The lowest BCUT2D eigenvalue weighted by molar-refractivity contribution is 0.320. The van der Waals surface area contributed by atoms with E-state index in [1.807, 2.05) is 12.4 Å². The minimum absolute atomic E-state index is 0.506. The van der Waals surface area contributed by atoms with Crippen molar-refractivity contribution < 1.29 is 4.74 Å². The molecule has 3 heterocycles. The Bertz CT molecular complexity index is 889. The molecule has 0 saturated carbocycles. The third-order valence-electron chi connectivity index (χ3n) is 5.68. The van der Waals surface area contributed by atoms with E-state index in [1.54, 1.807) is 0 Å². The molecule has 0 aliphatic carbocycles. The summed E-state index contributed by atoms with van der Waals surface area (Å²) in [5.41, 5.74) is 4.98. The second-order valence-corrected chi connectivity index (χ2v) is 8.22. The van der Waals surface area contributed by atoms with Crippen LogP contribution in [0, 0.1) is 0 Å². The number of hydrogen-bond donors (Lipinski definition) is 1. The summed E-state index contributed by atoms with van der Waals surface area (Å²) in [4.78, 5) is 6.60. The van der Waals surface area contributed by atoms with Crippen LogP contribution < -0.4 is 4.74 Å². The van der Waals surface area contributed by atoms with Gasteiger partial charge in [0.05, 0.1) is 12.3 Å². The number of rotatable bonds is 8. The van der Waals surface area contributed by atoms with Crippen molar-refractivity contribution in [1.29, 1.82) is 0 Å². The van der Waals surface area contributed by atoms with Crippen molar-refractivity contribution in [2.24, 2.45) is 0 Å². The van der Waals surface area contributed by atoms with Gasteiger partial charge in [0.25, 0.3) is 0 Å². The normalized spacial score (nSPS) is 17.1. The van der Waals surface area contributed by atoms with E-state index in [9.17, 15) is 0 Å². The number of aromatic amines is 1. The second kappa shape index (κ2) is 9.23. The van der Waals surface area contributed by atoms with Gasteiger partial charge < -0.3 is 4.74 Å². The number of hydrogen-bond acceptors (Lipinski definition) is 4. The molecule has 0 amide bonds. The molecule has 1 aromatic carbocycles. The molecule has 1 atom stereocenters. The van der Waals surface area contributed by atoms with Gasteiger partial charge in [-0.15, -0.1) is 0 Å². The van der Waals surface area contributed by atoms with Crippen LogP contribution in [0.5, 0.6) is 5.75 Å². The van der Waals surface area contributed by atoms with Crippen LogP contribution in [-0.2, 0) is 13.0 Å². The molecule has 1 aliphatic heterocycles. The van der Waals surface area contributed by atoms with Crippen molar-refractivity contribution in [3.05, 3.63) is 77.4 Å². The van der Waals surface area contributed by atoms with Crippen LogP contribution in [0.3, 0.4) is 0 Å². The molecule has 2 aromatic heterocycles. The van der Waals surface area contributed by atoms with E-state index in [-0.39, 0.29) is 0 Å². The number of ether oxygens (including phenoxy) is 1. The molecule has 1 N–H and O–H groups in total. The molecule has 0 radical (unpaired) electrons. The summed E-state index contributed by atoms with van der Waals surface area (Å²) in [5.74, 6) is 1.98. The van der Waals surface area contributed by atoms with Crippen LogP contribution in [0.25, 0.3) is 0 Å². The maximum absolute atomic E-state index is 5.90. The average Bonchev–Trinajstić information content (AvgIpc) is 3.39. The second-order valence-electron chi connectivity index (χ2n) is 8.22. The lowest BCUT2D eigenvalue weighted by atomic mass is 10.0. The van der Waals surface area contributed by atoms with E-state index in [4.69, 9.17) is 4.74 Å². The minimum Gasteiger partial charge on any atom is -0.493 e. The number of H-pyrrole nitrogens is 1. The summed E-state index contributed by atoms with van der Waals surface area (Å²) in [6.45, 7) is 8.22. The smallest absolute Gasteiger partial charge is 0.119 e. The van der Waals surface area contributed by atoms with Crippen molar-refractivity contribution in [1.82, 2.24) is 20.1 Å². The highest BCUT2D eigenvalue weighted by molar-refractivity contribution is 5.29. The van der Waals surface area contributed by atoms with Crippen LogP contribution in [0.1, 0.15) is 54.6 Å². The first-order chi connectivity index (χ1) is 14.2. The van der Waals surface area contributed by atoms with Crippen LogP contribution >= 0.6 is 0 Å². The number of likely N-dealkylation sites (tertiary alicyclic amines) is 1. The maximum Gasteiger partial charge on any atom is 0.119 e. The van der Waals surface area contributed by atoms with E-state index in [1.165, 1.54) is 16.8 Å². The van der Waals surface area contributed by atoms with E-state index in [0.717, 1.165) is 43.9 Å². The lowest BCUT2D eigenvalue weighted by Crippen LogP contribution is -2.19. The molecule has 29 heavy (non-hydrogen) atoms. The van der Waals surface area contributed by atoms with Gasteiger partial charge in [-0.3, -0.25) is 15.0 Å². The molecule has 0 spiro atoms. The standard InChI is InChI=1S/C24H30N4O/c1-18(2)20-3-5-23(6-4-20)29-14-10-22-15-24(27-26-22)21-9-13-28(17-21)16-19-7-11-25-12-8-19/h3-8,11-12,15,18,21H,9-10,13-14,16-17H2,1-2H3,(H,26,27)/t21-/m1/s1. The molecule has 0 unspecified atom stereocenters. The number of nitrogens with zero attached hydrogens (tertiary/aromatic N) is 3. The molecule has 4 rings (SSSR count). The van der Waals surface area contributed by atoms with Crippen LogP contribution in [0.2, 0.25) is 0 Å². The molecular formula is C24H30N4O. The van der Waals surface area contributed by atoms with Gasteiger partial charge in [0.15, 0.2) is 0 Å². The monoisotopic (exact) mass is 390 g/mol. The molecule has 5 heteroatoms. The molecular weight excluding hydrogens is 360 g/mol. The quantitative estimate of drug-likeness (QED) is 0.614. The fraction of sp³-hybridized carbons (Fsp3) is 0.417. The summed E-state index contributed by atoms with van der Waals surface area (Å²) >= 11 is 0. The molecule has 0 bridgehead atoms. The van der Waals surface area contributed by atoms with Crippen molar-refractivity contribution >= 4 is 0 Å². The Morgan fingerprint density at radius 2 is 1.93 bits per heavy atom. The fourth-order valence-electron chi connectivity index (χ4n) is 3.91. The summed E-state index contributed by atoms with van der Waals surface area (Å²) in [6, 6.07) is 14.8. The number of pyridine rings is 1. The van der Waals surface area contributed by atoms with Gasteiger partial charge in [-0.1, -0.05) is 26.0 Å². The highest BCUT2D eigenvalue weighted by Crippen LogP contribution is 2.27. The summed E-state index contributed by atoms with van der Waals surface area (Å²) in [7, 11) is 0. The van der Waals surface area contributed by atoms with E-state index < -0.39 is 0 Å². The van der Waals surface area contributed by atoms with Crippen LogP contribution in [0.15, 0.2) is 54.9 Å². The highest BCUT2D eigenvalue weighted by atomic mass is 16.5. The maximum atomic E-state index is 5.90. The molecule has 152 valence electrons. The Balaban J connectivity index is 1.24. The Morgan fingerprint density at radius 3 is 2.69 bits per heavy atom. The minimum atomic E-state index is 0.506. The van der Waals surface area contributed by atoms with Gasteiger partial charge in [-0.25, -0.2) is 0 Å². The zero-order valence-corrected chi connectivity index (χ0v) is 17.3. The van der Waals surface area contributed by atoms with Crippen molar-refractivity contribution in [2.75, 3.05) is 19.7 Å². The number of nitrogens with one attached hydrogen (secondary N) is 1. The largest absolute Gasteiger partial charge is 0.493 e. The first-order valence-corrected chi connectivity index (χ1v) is 10.6. The van der Waals surface area contributed by atoms with Crippen molar-refractivity contribution in [3.8, 4) is 5.75 Å². The van der Waals surface area contributed by atoms with Crippen LogP contribution in [-0.4, -0.2) is 39.8 Å². The Labute approximate surface area is 173 Å². The van der Waals surface area contributed by atoms with Gasteiger partial charge in [0.2, 0.25) is 0 Å². The summed E-state index contributed by atoms with van der Waals surface area (Å²) in [5, 5.41) is 7.78. The Hall–Kier alpha value is -2.66. The zero-order chi connectivity index (χ0) is 20.1. The molecule has 1 aliphatic rings. The summed E-state index contributed by atoms with van der Waals surface area (Å²) < 4.78 is 5.90. The van der Waals surface area contributed by atoms with Gasteiger partial charge in [-0.05, 0) is 60.3 Å². The first-order valence-electron chi connectivity index (χ1n) is 10.6. The SMILES string of the molecule is CC(C)c1ccc(OCCc2cc([C@@H]3CCN(Cc4ccncc4)C3)n[nH]2)cc1. The molecule has 3 aromatic rings. The molecule has 1 fully saturated rings. The van der Waals surface area contributed by atoms with E-state index >= 15 is 0 Å². The van der Waals surface area contributed by atoms with Gasteiger partial charge in [-0.2, -0.15) is 5.10 Å².